The molecule has 4 aliphatic rings. The molecule has 13 nitrogen and oxygen atoms in total. The molecule has 2 bridgehead atoms. The van der Waals surface area contributed by atoms with Crippen LogP contribution < -0.4 is 0 Å². The first-order valence-corrected chi connectivity index (χ1v) is 20.8. The van der Waals surface area contributed by atoms with Crippen molar-refractivity contribution in [2.45, 2.75) is 167 Å². The highest BCUT2D eigenvalue weighted by molar-refractivity contribution is 6.39. The van der Waals surface area contributed by atoms with Gasteiger partial charge in [-0.1, -0.05) is 45.4 Å². The summed E-state index contributed by atoms with van der Waals surface area (Å²) in [7, 11) is 4.63. The predicted molar refractivity (Wildman–Crippen MR) is 208 cm³/mol. The molecule has 3 aliphatic heterocycles. The van der Waals surface area contributed by atoms with Crippen molar-refractivity contribution in [3.63, 3.8) is 0 Å². The number of methoxy groups -OCH3 is 3. The minimum absolute atomic E-state index is 0.000914. The molecule has 1 amide bonds. The summed E-state index contributed by atoms with van der Waals surface area (Å²) in [5, 5.41) is 34.1. The summed E-state index contributed by atoms with van der Waals surface area (Å²) in [6.45, 7) is 11.3. The molecule has 0 aromatic rings. The van der Waals surface area contributed by atoms with Crippen molar-refractivity contribution >= 4 is 23.4 Å². The summed E-state index contributed by atoms with van der Waals surface area (Å²) in [6, 6.07) is -1.13. The molecule has 14 atom stereocenters. The number of hydrogen-bond acceptors (Lipinski definition) is 12. The second kappa shape index (κ2) is 20.4. The van der Waals surface area contributed by atoms with Crippen molar-refractivity contribution in [2.24, 2.45) is 29.6 Å². The van der Waals surface area contributed by atoms with E-state index in [2.05, 4.69) is 6.92 Å². The molecule has 1 unspecified atom stereocenters. The summed E-state index contributed by atoms with van der Waals surface area (Å²) >= 11 is 0. The minimum atomic E-state index is -2.50. The summed E-state index contributed by atoms with van der Waals surface area (Å²) in [4.78, 5) is 57.6. The van der Waals surface area contributed by atoms with E-state index in [9.17, 15) is 34.5 Å². The third-order valence-electron chi connectivity index (χ3n) is 12.9. The minimum Gasteiger partial charge on any atom is -0.456 e. The first-order chi connectivity index (χ1) is 26.5. The van der Waals surface area contributed by atoms with Crippen LogP contribution in [0.3, 0.4) is 0 Å². The number of carbonyl (C=O) groups is 4. The van der Waals surface area contributed by atoms with E-state index in [4.69, 9.17) is 23.7 Å². The number of ketones is 2. The van der Waals surface area contributed by atoms with E-state index in [0.29, 0.717) is 56.9 Å². The van der Waals surface area contributed by atoms with Crippen LogP contribution in [0.15, 0.2) is 23.3 Å². The van der Waals surface area contributed by atoms with Gasteiger partial charge in [0.15, 0.2) is 0 Å². The lowest BCUT2D eigenvalue weighted by molar-refractivity contribution is -0.302. The van der Waals surface area contributed by atoms with Gasteiger partial charge in [-0.05, 0) is 95.5 Å². The van der Waals surface area contributed by atoms with E-state index in [0.717, 1.165) is 5.57 Å². The molecule has 4 rings (SSSR count). The smallest absolute Gasteiger partial charge is 0.329 e. The molecule has 1 aliphatic carbocycles. The van der Waals surface area contributed by atoms with Crippen LogP contribution in [0.4, 0.5) is 0 Å². The molecule has 3 fully saturated rings. The second-order valence-electron chi connectivity index (χ2n) is 17.2. The van der Waals surface area contributed by atoms with Gasteiger partial charge >= 0.3 is 5.97 Å². The maximum Gasteiger partial charge on any atom is 0.329 e. The van der Waals surface area contributed by atoms with Crippen molar-refractivity contribution < 1.29 is 58.2 Å². The first-order valence-electron chi connectivity index (χ1n) is 20.8. The van der Waals surface area contributed by atoms with E-state index >= 15 is 0 Å². The van der Waals surface area contributed by atoms with Crippen LogP contribution in [-0.4, -0.2) is 126 Å². The highest BCUT2D eigenvalue weighted by Gasteiger charge is 2.56. The number of piperidine rings is 1. The van der Waals surface area contributed by atoms with Gasteiger partial charge in [-0.2, -0.15) is 0 Å². The Labute approximate surface area is 333 Å². The average Bonchev–Trinajstić information content (AvgIpc) is 3.18. The molecule has 3 heterocycles. The Balaban J connectivity index is 1.76. The number of carbonyl (C=O) groups excluding carboxylic acids is 4. The number of aliphatic hydroxyl groups excluding tert-OH is 2. The zero-order valence-electron chi connectivity index (χ0n) is 35.1. The van der Waals surface area contributed by atoms with Crippen molar-refractivity contribution in [1.82, 2.24) is 4.90 Å². The SMILES string of the molecule is CC[C@@H]1C=C(C)C[C@H](C)C[C@H](OC)[C@H]2O[C@@](O)(C(=O)C(=O)N3CCCC[C@H]3C(=O)O[C@@H](/C(C)=C/[C@@H]3CC[C@@H](O)[C@H](OC)C3)[C@H](C)C(O)CC1=O)[C@H](C)C[C@@H]2OC. The number of fused-ring (bicyclic) bond motifs is 3. The van der Waals surface area contributed by atoms with Gasteiger partial charge in [-0.15, -0.1) is 0 Å². The van der Waals surface area contributed by atoms with Gasteiger partial charge in [0, 0.05) is 52.0 Å². The Kier molecular flexibility index (Phi) is 16.9. The van der Waals surface area contributed by atoms with Gasteiger partial charge in [-0.25, -0.2) is 4.79 Å². The van der Waals surface area contributed by atoms with Crippen molar-refractivity contribution in [2.75, 3.05) is 27.9 Å². The fourth-order valence-corrected chi connectivity index (χ4v) is 9.39. The van der Waals surface area contributed by atoms with E-state index < -0.39 is 83.9 Å². The van der Waals surface area contributed by atoms with Gasteiger partial charge in [0.25, 0.3) is 11.7 Å². The van der Waals surface area contributed by atoms with Crippen molar-refractivity contribution in [1.29, 1.82) is 0 Å². The normalized spacial score (nSPS) is 40.6. The van der Waals surface area contributed by atoms with Crippen LogP contribution >= 0.6 is 0 Å². The van der Waals surface area contributed by atoms with Gasteiger partial charge in [-0.3, -0.25) is 14.4 Å². The van der Waals surface area contributed by atoms with E-state index in [1.807, 2.05) is 32.9 Å². The maximum atomic E-state index is 14.3. The quantitative estimate of drug-likeness (QED) is 0.196. The number of hydrogen-bond donors (Lipinski definition) is 3. The summed E-state index contributed by atoms with van der Waals surface area (Å²) in [6.07, 6.45) is 3.72. The molecular weight excluding hydrogens is 722 g/mol. The number of ether oxygens (including phenoxy) is 5. The fraction of sp³-hybridized carbons (Fsp3) is 0.814. The van der Waals surface area contributed by atoms with E-state index in [1.54, 1.807) is 21.0 Å². The second-order valence-corrected chi connectivity index (χ2v) is 17.2. The zero-order chi connectivity index (χ0) is 41.5. The summed E-state index contributed by atoms with van der Waals surface area (Å²) in [5.41, 5.74) is 1.66. The maximum absolute atomic E-state index is 14.3. The Morgan fingerprint density at radius 2 is 1.57 bits per heavy atom. The molecule has 0 aromatic carbocycles. The average molecular weight is 792 g/mol. The molecule has 1 saturated carbocycles. The molecule has 0 spiro atoms. The fourth-order valence-electron chi connectivity index (χ4n) is 9.39. The van der Waals surface area contributed by atoms with Gasteiger partial charge in [0.05, 0.1) is 30.5 Å². The predicted octanol–water partition coefficient (Wildman–Crippen LogP) is 4.47. The van der Waals surface area contributed by atoms with Gasteiger partial charge in [0.1, 0.15) is 24.0 Å². The molecule has 0 aromatic heterocycles. The number of allylic oxidation sites excluding steroid dienone is 3. The summed E-state index contributed by atoms with van der Waals surface area (Å²) in [5.74, 6) is -7.50. The lowest BCUT2D eigenvalue weighted by atomic mass is 9.81. The number of cyclic esters (lactones) is 1. The first kappa shape index (κ1) is 46.2. The standard InChI is InChI=1S/C43H69NO12/c1-10-30-18-24(2)17-25(3)19-36(53-8)39-37(54-9)21-27(5)43(51,56-39)40(48)41(49)44-16-12-11-13-31(44)42(50)55-38(28(6)33(46)23-34(30)47)26(4)20-29-14-15-32(45)35(22-29)52-7/h18,20,25,27-33,35-39,45-46,51H,10-17,19,21-23H2,1-9H3/b24-18?,26-20+/t25-,27+,28+,29-,30+,31-,32+,33?,35+,36-,37-,38-,39+,43+/m0/s1. The lowest BCUT2D eigenvalue weighted by Gasteiger charge is -2.47. The highest BCUT2D eigenvalue weighted by Crippen LogP contribution is 2.39. The number of amides is 1. The zero-order valence-corrected chi connectivity index (χ0v) is 35.1. The third kappa shape index (κ3) is 10.7. The molecular formula is C43H69NO12. The monoisotopic (exact) mass is 791 g/mol. The third-order valence-corrected chi connectivity index (χ3v) is 12.9. The van der Waals surface area contributed by atoms with Crippen LogP contribution in [0.5, 0.6) is 0 Å². The van der Waals surface area contributed by atoms with Gasteiger partial charge < -0.3 is 43.9 Å². The Bertz CT molecular complexity index is 1430. The Morgan fingerprint density at radius 3 is 2.21 bits per heavy atom. The Morgan fingerprint density at radius 1 is 0.911 bits per heavy atom. The van der Waals surface area contributed by atoms with Crippen LogP contribution in [0.1, 0.15) is 112 Å². The molecule has 2 saturated heterocycles. The molecule has 318 valence electrons. The van der Waals surface area contributed by atoms with Crippen LogP contribution in [0.2, 0.25) is 0 Å². The summed E-state index contributed by atoms with van der Waals surface area (Å²) < 4.78 is 29.7. The number of Topliss-reactive ketones (excluding diaryl/α,β-unsaturated/α-hetero) is 2. The number of aliphatic hydroxyl groups is 3. The largest absolute Gasteiger partial charge is 0.456 e. The molecule has 0 radical (unpaired) electrons. The highest BCUT2D eigenvalue weighted by atomic mass is 16.7. The molecule has 56 heavy (non-hydrogen) atoms. The van der Waals surface area contributed by atoms with Crippen LogP contribution in [0, 0.1) is 29.6 Å². The van der Waals surface area contributed by atoms with Crippen LogP contribution in [0.25, 0.3) is 0 Å². The van der Waals surface area contributed by atoms with E-state index in [1.165, 1.54) is 19.1 Å². The van der Waals surface area contributed by atoms with E-state index in [-0.39, 0.29) is 49.5 Å². The van der Waals surface area contributed by atoms with Crippen molar-refractivity contribution in [3.05, 3.63) is 23.3 Å². The molecule has 13 heteroatoms. The Hall–Kier alpha value is -2.52. The van der Waals surface area contributed by atoms with Crippen LogP contribution in [-0.2, 0) is 42.9 Å². The topological polar surface area (TPSA) is 178 Å². The number of rotatable bonds is 6. The molecule has 3 N–H and O–H groups in total. The van der Waals surface area contributed by atoms with Gasteiger partial charge in [0.2, 0.25) is 5.79 Å². The number of nitrogens with zero attached hydrogens (tertiary/aromatic N) is 1. The lowest BCUT2D eigenvalue weighted by Crippen LogP contribution is -2.64. The van der Waals surface area contributed by atoms with Crippen molar-refractivity contribution in [3.8, 4) is 0 Å². The number of esters is 1.